The molecule has 5 nitrogen and oxygen atoms in total. The van der Waals surface area contributed by atoms with E-state index in [0.29, 0.717) is 11.7 Å². The molecule has 8 heteroatoms. The van der Waals surface area contributed by atoms with Crippen LogP contribution in [0.25, 0.3) is 0 Å². The van der Waals surface area contributed by atoms with Gasteiger partial charge in [0.15, 0.2) is 5.75 Å². The van der Waals surface area contributed by atoms with Crippen LogP contribution in [0.5, 0.6) is 5.75 Å². The molecule has 1 N–H and O–H groups in total. The van der Waals surface area contributed by atoms with E-state index < -0.39 is 17.5 Å². The number of benzene rings is 1. The zero-order chi connectivity index (χ0) is 18.6. The summed E-state index contributed by atoms with van der Waals surface area (Å²) in [7, 11) is 0. The van der Waals surface area contributed by atoms with Gasteiger partial charge in [0, 0.05) is 9.49 Å². The summed E-state index contributed by atoms with van der Waals surface area (Å²) in [5.41, 5.74) is -0.578. The molecule has 0 atom stereocenters. The Kier molecular flexibility index (Phi) is 8.20. The zero-order valence-corrected chi connectivity index (χ0v) is 20.5. The second-order valence-corrected chi connectivity index (χ2v) is 10.0. The lowest BCUT2D eigenvalue weighted by Crippen LogP contribution is -2.43. The number of ether oxygens (including phenoxy) is 2. The van der Waals surface area contributed by atoms with Crippen LogP contribution in [0.2, 0.25) is 0 Å². The highest BCUT2D eigenvalue weighted by Gasteiger charge is 2.34. The van der Waals surface area contributed by atoms with Crippen molar-refractivity contribution in [1.82, 2.24) is 5.32 Å². The number of rotatable bonds is 5. The topological polar surface area (TPSA) is 64.6 Å². The van der Waals surface area contributed by atoms with Gasteiger partial charge in [-0.3, -0.25) is 9.59 Å². The standard InChI is InChI=1S/C17H20I3NO4/c1-17(2,10-3-5-21-6-4-10)25-15(23)9-14(22)24-16-12(19)7-11(18)8-13(16)20/h7-8,10,21H,3-6,9H2,1-2H3. The molecular formula is C17H20I3NO4. The first-order valence-electron chi connectivity index (χ1n) is 7.97. The molecule has 2 rings (SSSR count). The highest BCUT2D eigenvalue weighted by atomic mass is 127. The van der Waals surface area contributed by atoms with Gasteiger partial charge in [-0.1, -0.05) is 0 Å². The van der Waals surface area contributed by atoms with Crippen molar-refractivity contribution in [1.29, 1.82) is 0 Å². The summed E-state index contributed by atoms with van der Waals surface area (Å²) < 4.78 is 13.7. The average Bonchev–Trinajstić information content (AvgIpc) is 2.51. The summed E-state index contributed by atoms with van der Waals surface area (Å²) in [5.74, 6) is -0.337. The van der Waals surface area contributed by atoms with Crippen LogP contribution in [0.4, 0.5) is 0 Å². The second-order valence-electron chi connectivity index (χ2n) is 6.45. The third kappa shape index (κ3) is 6.45. The fourth-order valence-electron chi connectivity index (χ4n) is 2.82. The van der Waals surface area contributed by atoms with E-state index in [1.54, 1.807) is 0 Å². The first kappa shape index (κ1) is 21.6. The summed E-state index contributed by atoms with van der Waals surface area (Å²) in [6, 6.07) is 3.84. The molecule has 1 aromatic rings. The Balaban J connectivity index is 1.93. The van der Waals surface area contributed by atoms with E-state index in [9.17, 15) is 9.59 Å². The van der Waals surface area contributed by atoms with Crippen LogP contribution >= 0.6 is 67.8 Å². The maximum Gasteiger partial charge on any atom is 0.322 e. The van der Waals surface area contributed by atoms with E-state index in [2.05, 4.69) is 73.1 Å². The summed E-state index contributed by atoms with van der Waals surface area (Å²) in [6.45, 7) is 5.68. The van der Waals surface area contributed by atoms with E-state index in [1.807, 2.05) is 26.0 Å². The van der Waals surface area contributed by atoms with Crippen molar-refractivity contribution in [3.63, 3.8) is 0 Å². The monoisotopic (exact) mass is 683 g/mol. The largest absolute Gasteiger partial charge is 0.459 e. The molecule has 1 aromatic carbocycles. The number of carbonyl (C=O) groups excluding carboxylic acids is 2. The van der Waals surface area contributed by atoms with Crippen LogP contribution in [-0.2, 0) is 14.3 Å². The summed E-state index contributed by atoms with van der Waals surface area (Å²) in [6.07, 6.45) is 1.54. The first-order chi connectivity index (χ1) is 11.7. The SMILES string of the molecule is CC(C)(OC(=O)CC(=O)Oc1c(I)cc(I)cc1I)C1CCNCC1. The fourth-order valence-corrected chi connectivity index (χ4v) is 6.63. The molecule has 1 aliphatic heterocycles. The van der Waals surface area contributed by atoms with Crippen LogP contribution in [0.3, 0.4) is 0 Å². The molecule has 1 saturated heterocycles. The van der Waals surface area contributed by atoms with E-state index in [-0.39, 0.29) is 6.42 Å². The van der Waals surface area contributed by atoms with Gasteiger partial charge in [0.1, 0.15) is 12.0 Å². The van der Waals surface area contributed by atoms with Crippen molar-refractivity contribution >= 4 is 79.7 Å². The molecule has 0 radical (unpaired) electrons. The highest BCUT2D eigenvalue weighted by molar-refractivity contribution is 14.1. The minimum atomic E-state index is -0.594. The number of hydrogen-bond donors (Lipinski definition) is 1. The van der Waals surface area contributed by atoms with Crippen LogP contribution in [0.15, 0.2) is 12.1 Å². The molecule has 0 unspecified atom stereocenters. The number of carbonyl (C=O) groups is 2. The minimum absolute atomic E-state index is 0.298. The molecule has 0 aliphatic carbocycles. The van der Waals surface area contributed by atoms with Crippen molar-refractivity contribution in [2.45, 2.75) is 38.7 Å². The van der Waals surface area contributed by atoms with Gasteiger partial charge < -0.3 is 14.8 Å². The molecule has 25 heavy (non-hydrogen) atoms. The molecule has 0 saturated carbocycles. The van der Waals surface area contributed by atoms with Crippen LogP contribution < -0.4 is 10.1 Å². The number of hydrogen-bond acceptors (Lipinski definition) is 5. The minimum Gasteiger partial charge on any atom is -0.459 e. The summed E-state index contributed by atoms with van der Waals surface area (Å²) in [5, 5.41) is 3.30. The van der Waals surface area contributed by atoms with Crippen molar-refractivity contribution in [3.8, 4) is 5.75 Å². The van der Waals surface area contributed by atoms with Gasteiger partial charge in [-0.05, 0) is 120 Å². The number of esters is 2. The quantitative estimate of drug-likeness (QED) is 0.219. The summed E-state index contributed by atoms with van der Waals surface area (Å²) >= 11 is 6.45. The van der Waals surface area contributed by atoms with Gasteiger partial charge in [-0.2, -0.15) is 0 Å². The van der Waals surface area contributed by atoms with E-state index in [1.165, 1.54) is 0 Å². The van der Waals surface area contributed by atoms with E-state index >= 15 is 0 Å². The van der Waals surface area contributed by atoms with Crippen LogP contribution in [0.1, 0.15) is 33.1 Å². The van der Waals surface area contributed by atoms with Gasteiger partial charge >= 0.3 is 11.9 Å². The van der Waals surface area contributed by atoms with Crippen LogP contribution in [0, 0.1) is 16.6 Å². The average molecular weight is 683 g/mol. The fraction of sp³-hybridized carbons (Fsp3) is 0.529. The van der Waals surface area contributed by atoms with Gasteiger partial charge in [0.2, 0.25) is 0 Å². The predicted molar refractivity (Wildman–Crippen MR) is 121 cm³/mol. The Morgan fingerprint density at radius 3 is 2.24 bits per heavy atom. The molecule has 0 amide bonds. The van der Waals surface area contributed by atoms with Crippen molar-refractivity contribution in [3.05, 3.63) is 22.8 Å². The highest BCUT2D eigenvalue weighted by Crippen LogP contribution is 2.31. The molecule has 1 aliphatic rings. The number of piperidine rings is 1. The molecule has 0 aromatic heterocycles. The van der Waals surface area contributed by atoms with Crippen molar-refractivity contribution in [2.75, 3.05) is 13.1 Å². The predicted octanol–water partition coefficient (Wildman–Crippen LogP) is 4.12. The summed E-state index contributed by atoms with van der Waals surface area (Å²) in [4.78, 5) is 24.3. The molecule has 138 valence electrons. The third-order valence-corrected chi connectivity index (χ3v) is 6.39. The Bertz CT molecular complexity index is 634. The van der Waals surface area contributed by atoms with Gasteiger partial charge in [0.05, 0.1) is 7.14 Å². The molecule has 0 bridgehead atoms. The first-order valence-corrected chi connectivity index (χ1v) is 11.2. The van der Waals surface area contributed by atoms with Gasteiger partial charge in [0.25, 0.3) is 0 Å². The van der Waals surface area contributed by atoms with Gasteiger partial charge in [-0.25, -0.2) is 0 Å². The maximum atomic E-state index is 12.2. The lowest BCUT2D eigenvalue weighted by molar-refractivity contribution is -0.165. The number of nitrogens with one attached hydrogen (secondary N) is 1. The van der Waals surface area contributed by atoms with Gasteiger partial charge in [-0.15, -0.1) is 0 Å². The second kappa shape index (κ2) is 9.49. The van der Waals surface area contributed by atoms with Crippen molar-refractivity contribution in [2.24, 2.45) is 5.92 Å². The Morgan fingerprint density at radius 1 is 1.12 bits per heavy atom. The van der Waals surface area contributed by atoms with E-state index in [0.717, 1.165) is 36.6 Å². The van der Waals surface area contributed by atoms with Crippen LogP contribution in [-0.4, -0.2) is 30.6 Å². The maximum absolute atomic E-state index is 12.2. The van der Waals surface area contributed by atoms with E-state index in [4.69, 9.17) is 9.47 Å². The Labute approximate surface area is 188 Å². The molecule has 0 spiro atoms. The number of halogens is 3. The molecular weight excluding hydrogens is 663 g/mol. The lowest BCUT2D eigenvalue weighted by Gasteiger charge is -2.36. The normalized spacial score (nSPS) is 15.7. The Hall–Kier alpha value is 0.310. The third-order valence-electron chi connectivity index (χ3n) is 4.17. The zero-order valence-electron chi connectivity index (χ0n) is 14.0. The lowest BCUT2D eigenvalue weighted by atomic mass is 9.83. The van der Waals surface area contributed by atoms with Crippen molar-refractivity contribution < 1.29 is 19.1 Å². The Morgan fingerprint density at radius 2 is 1.68 bits per heavy atom. The molecule has 1 fully saturated rings. The smallest absolute Gasteiger partial charge is 0.322 e. The molecule has 1 heterocycles.